The first kappa shape index (κ1) is 12.4. The summed E-state index contributed by atoms with van der Waals surface area (Å²) >= 11 is 0. The number of hydrogen-bond acceptors (Lipinski definition) is 2. The number of anilines is 1. The first-order chi connectivity index (χ1) is 8.72. The lowest BCUT2D eigenvalue weighted by Gasteiger charge is -2.23. The highest BCUT2D eigenvalue weighted by Gasteiger charge is 2.16. The highest BCUT2D eigenvalue weighted by atomic mass is 16.1. The molecule has 2 rings (SSSR count). The summed E-state index contributed by atoms with van der Waals surface area (Å²) in [5.74, 6) is 0.462. The van der Waals surface area contributed by atoms with Crippen LogP contribution in [0.25, 0.3) is 0 Å². The van der Waals surface area contributed by atoms with Gasteiger partial charge in [-0.05, 0) is 23.6 Å². The molecule has 1 aromatic carbocycles. The first-order valence-electron chi connectivity index (χ1n) is 6.00. The number of rotatable bonds is 5. The van der Waals surface area contributed by atoms with E-state index >= 15 is 0 Å². The van der Waals surface area contributed by atoms with Gasteiger partial charge >= 0.3 is 0 Å². The number of aromatic nitrogens is 2. The quantitative estimate of drug-likeness (QED) is 0.821. The van der Waals surface area contributed by atoms with Crippen molar-refractivity contribution in [1.82, 2.24) is 9.55 Å². The number of imidazole rings is 1. The molecule has 0 aliphatic carbocycles. The van der Waals surface area contributed by atoms with E-state index in [0.717, 1.165) is 5.69 Å². The van der Waals surface area contributed by atoms with E-state index in [1.165, 1.54) is 5.56 Å². The van der Waals surface area contributed by atoms with Crippen LogP contribution in [-0.2, 0) is 4.79 Å². The number of amides is 1. The molecule has 2 aromatic rings. The van der Waals surface area contributed by atoms with Crippen molar-refractivity contribution in [2.75, 3.05) is 5.32 Å². The minimum atomic E-state index is 0.262. The topological polar surface area (TPSA) is 46.9 Å². The van der Waals surface area contributed by atoms with Crippen LogP contribution in [0.2, 0.25) is 0 Å². The number of nitrogens with zero attached hydrogens (tertiary/aromatic N) is 2. The molecule has 1 atom stereocenters. The molecule has 0 bridgehead atoms. The van der Waals surface area contributed by atoms with E-state index in [9.17, 15) is 4.79 Å². The molecule has 1 N–H and O–H groups in total. The number of hydrogen-bond donors (Lipinski definition) is 1. The SMILES string of the molecule is CC(C)C(c1ccc(NC=O)cc1)n1ccnc1. The first-order valence-corrected chi connectivity index (χ1v) is 6.00. The summed E-state index contributed by atoms with van der Waals surface area (Å²) < 4.78 is 2.10. The fourth-order valence-corrected chi connectivity index (χ4v) is 2.18. The summed E-state index contributed by atoms with van der Waals surface area (Å²) in [7, 11) is 0. The molecule has 0 aliphatic heterocycles. The molecule has 0 aliphatic rings. The average molecular weight is 243 g/mol. The van der Waals surface area contributed by atoms with E-state index in [1.54, 1.807) is 6.20 Å². The van der Waals surface area contributed by atoms with Gasteiger partial charge in [-0.25, -0.2) is 4.98 Å². The molecule has 4 nitrogen and oxygen atoms in total. The van der Waals surface area contributed by atoms with Crippen LogP contribution in [0.3, 0.4) is 0 Å². The Morgan fingerprint density at radius 3 is 2.50 bits per heavy atom. The van der Waals surface area contributed by atoms with Crippen molar-refractivity contribution in [3.05, 3.63) is 48.5 Å². The molecule has 1 amide bonds. The van der Waals surface area contributed by atoms with Crippen LogP contribution in [0.1, 0.15) is 25.5 Å². The normalized spacial score (nSPS) is 12.4. The molecular formula is C14H17N3O. The van der Waals surface area contributed by atoms with Gasteiger partial charge < -0.3 is 9.88 Å². The van der Waals surface area contributed by atoms with Crippen molar-refractivity contribution in [3.63, 3.8) is 0 Å². The maximum atomic E-state index is 10.4. The average Bonchev–Trinajstić information content (AvgIpc) is 2.85. The minimum Gasteiger partial charge on any atom is -0.330 e. The molecule has 0 saturated carbocycles. The Labute approximate surface area is 107 Å². The van der Waals surface area contributed by atoms with Gasteiger partial charge in [-0.3, -0.25) is 4.79 Å². The van der Waals surface area contributed by atoms with Crippen molar-refractivity contribution in [2.45, 2.75) is 19.9 Å². The number of benzene rings is 1. The Morgan fingerprint density at radius 1 is 1.28 bits per heavy atom. The van der Waals surface area contributed by atoms with Gasteiger partial charge in [0.1, 0.15) is 0 Å². The zero-order valence-electron chi connectivity index (χ0n) is 10.6. The van der Waals surface area contributed by atoms with Gasteiger partial charge in [-0.1, -0.05) is 26.0 Å². The number of carbonyl (C=O) groups excluding carboxylic acids is 1. The van der Waals surface area contributed by atoms with Gasteiger partial charge in [0.05, 0.1) is 12.4 Å². The van der Waals surface area contributed by atoms with E-state index in [2.05, 4.69) is 28.7 Å². The molecule has 0 radical (unpaired) electrons. The Morgan fingerprint density at radius 2 is 2.00 bits per heavy atom. The van der Waals surface area contributed by atoms with Crippen molar-refractivity contribution in [2.24, 2.45) is 5.92 Å². The summed E-state index contributed by atoms with van der Waals surface area (Å²) in [4.78, 5) is 14.5. The zero-order chi connectivity index (χ0) is 13.0. The second kappa shape index (κ2) is 5.49. The third-order valence-corrected chi connectivity index (χ3v) is 2.96. The second-order valence-electron chi connectivity index (χ2n) is 4.58. The molecule has 0 spiro atoms. The molecule has 1 unspecified atom stereocenters. The Balaban J connectivity index is 2.29. The van der Waals surface area contributed by atoms with E-state index in [1.807, 2.05) is 36.8 Å². The predicted octanol–water partition coefficient (Wildman–Crippen LogP) is 2.70. The fourth-order valence-electron chi connectivity index (χ4n) is 2.18. The molecule has 1 heterocycles. The highest BCUT2D eigenvalue weighted by molar-refractivity contribution is 5.71. The van der Waals surface area contributed by atoms with E-state index in [4.69, 9.17) is 0 Å². The molecule has 0 saturated heterocycles. The third-order valence-electron chi connectivity index (χ3n) is 2.96. The zero-order valence-corrected chi connectivity index (χ0v) is 10.6. The Kier molecular flexibility index (Phi) is 3.77. The predicted molar refractivity (Wildman–Crippen MR) is 71.3 cm³/mol. The fraction of sp³-hybridized carbons (Fsp3) is 0.286. The molecule has 4 heteroatoms. The van der Waals surface area contributed by atoms with Gasteiger partial charge in [0.2, 0.25) is 6.41 Å². The summed E-state index contributed by atoms with van der Waals surface area (Å²) in [6.07, 6.45) is 6.28. The standard InChI is InChI=1S/C14H17N3O/c1-11(2)14(17-8-7-15-9-17)12-3-5-13(6-4-12)16-10-18/h3-11,14H,1-2H3,(H,16,18). The Hall–Kier alpha value is -2.10. The van der Waals surface area contributed by atoms with Gasteiger partial charge in [0.15, 0.2) is 0 Å². The highest BCUT2D eigenvalue weighted by Crippen LogP contribution is 2.27. The van der Waals surface area contributed by atoms with Crippen LogP contribution in [0.15, 0.2) is 43.0 Å². The molecular weight excluding hydrogens is 226 g/mol. The van der Waals surface area contributed by atoms with Gasteiger partial charge in [0, 0.05) is 18.1 Å². The van der Waals surface area contributed by atoms with Gasteiger partial charge in [-0.15, -0.1) is 0 Å². The van der Waals surface area contributed by atoms with Crippen LogP contribution in [0.4, 0.5) is 5.69 Å². The van der Waals surface area contributed by atoms with Crippen LogP contribution in [-0.4, -0.2) is 16.0 Å². The van der Waals surface area contributed by atoms with E-state index < -0.39 is 0 Å². The maximum Gasteiger partial charge on any atom is 0.211 e. The number of nitrogens with one attached hydrogen (secondary N) is 1. The van der Waals surface area contributed by atoms with Crippen molar-refractivity contribution in [3.8, 4) is 0 Å². The monoisotopic (exact) mass is 243 g/mol. The Bertz CT molecular complexity index is 488. The van der Waals surface area contributed by atoms with Crippen LogP contribution in [0.5, 0.6) is 0 Å². The smallest absolute Gasteiger partial charge is 0.211 e. The van der Waals surface area contributed by atoms with Crippen molar-refractivity contribution >= 4 is 12.1 Å². The molecule has 1 aromatic heterocycles. The van der Waals surface area contributed by atoms with E-state index in [-0.39, 0.29) is 6.04 Å². The molecule has 94 valence electrons. The number of carbonyl (C=O) groups is 1. The molecule has 18 heavy (non-hydrogen) atoms. The van der Waals surface area contributed by atoms with Crippen LogP contribution in [0, 0.1) is 5.92 Å². The van der Waals surface area contributed by atoms with Crippen LogP contribution >= 0.6 is 0 Å². The third kappa shape index (κ3) is 2.59. The second-order valence-corrected chi connectivity index (χ2v) is 4.58. The van der Waals surface area contributed by atoms with Crippen molar-refractivity contribution in [1.29, 1.82) is 0 Å². The summed E-state index contributed by atoms with van der Waals surface area (Å²) in [6.45, 7) is 4.37. The largest absolute Gasteiger partial charge is 0.330 e. The summed E-state index contributed by atoms with van der Waals surface area (Å²) in [5.41, 5.74) is 2.02. The lowest BCUT2D eigenvalue weighted by molar-refractivity contribution is -0.105. The lowest BCUT2D eigenvalue weighted by atomic mass is 9.95. The van der Waals surface area contributed by atoms with Gasteiger partial charge in [-0.2, -0.15) is 0 Å². The summed E-state index contributed by atoms with van der Waals surface area (Å²) in [6, 6.07) is 8.16. The van der Waals surface area contributed by atoms with E-state index in [0.29, 0.717) is 12.3 Å². The van der Waals surface area contributed by atoms with Gasteiger partial charge in [0.25, 0.3) is 0 Å². The minimum absolute atomic E-state index is 0.262. The maximum absolute atomic E-state index is 10.4. The molecule has 0 fully saturated rings. The van der Waals surface area contributed by atoms with Crippen LogP contribution < -0.4 is 5.32 Å². The lowest BCUT2D eigenvalue weighted by Crippen LogP contribution is -2.15. The van der Waals surface area contributed by atoms with Crippen molar-refractivity contribution < 1.29 is 4.79 Å². The summed E-state index contributed by atoms with van der Waals surface area (Å²) in [5, 5.41) is 2.64.